The van der Waals surface area contributed by atoms with Crippen LogP contribution in [0.2, 0.25) is 0 Å². The van der Waals surface area contributed by atoms with Gasteiger partial charge in [-0.25, -0.2) is 0 Å². The molecule has 1 saturated carbocycles. The third-order valence-electron chi connectivity index (χ3n) is 3.29. The minimum absolute atomic E-state index is 0.0880. The largest absolute Gasteiger partial charge is 0.492 e. The number of hydrogen-bond acceptors (Lipinski definition) is 3. The maximum Gasteiger partial charge on any atom is 0.119 e. The first-order valence-corrected chi connectivity index (χ1v) is 6.35. The number of benzene rings is 1. The molecule has 3 nitrogen and oxygen atoms in total. The van der Waals surface area contributed by atoms with E-state index in [-0.39, 0.29) is 6.04 Å². The fraction of sp³-hybridized carbons (Fsp3) is 0.571. The number of nitrogens with two attached hydrogens (primary N) is 1. The van der Waals surface area contributed by atoms with Crippen LogP contribution in [0, 0.1) is 0 Å². The van der Waals surface area contributed by atoms with E-state index in [4.69, 9.17) is 10.5 Å². The Morgan fingerprint density at radius 2 is 2.00 bits per heavy atom. The van der Waals surface area contributed by atoms with Gasteiger partial charge in [0, 0.05) is 18.6 Å². The van der Waals surface area contributed by atoms with Gasteiger partial charge in [-0.05, 0) is 44.5 Å². The van der Waals surface area contributed by atoms with E-state index < -0.39 is 0 Å². The van der Waals surface area contributed by atoms with E-state index in [0.717, 1.165) is 30.5 Å². The van der Waals surface area contributed by atoms with Crippen LogP contribution in [0.15, 0.2) is 24.3 Å². The molecule has 0 radical (unpaired) electrons. The molecule has 0 unspecified atom stereocenters. The van der Waals surface area contributed by atoms with Crippen molar-refractivity contribution in [3.8, 4) is 5.75 Å². The van der Waals surface area contributed by atoms with Crippen LogP contribution in [0.3, 0.4) is 0 Å². The molecule has 1 aromatic carbocycles. The average molecular weight is 234 g/mol. The zero-order chi connectivity index (χ0) is 12.3. The van der Waals surface area contributed by atoms with Crippen LogP contribution in [0.5, 0.6) is 5.75 Å². The monoisotopic (exact) mass is 234 g/mol. The number of rotatable bonds is 6. The van der Waals surface area contributed by atoms with Crippen molar-refractivity contribution in [3.05, 3.63) is 29.8 Å². The summed E-state index contributed by atoms with van der Waals surface area (Å²) >= 11 is 0. The molecule has 0 heterocycles. The smallest absolute Gasteiger partial charge is 0.119 e. The molecule has 17 heavy (non-hydrogen) atoms. The molecule has 1 fully saturated rings. The quantitative estimate of drug-likeness (QED) is 0.820. The molecule has 1 atom stereocenters. The van der Waals surface area contributed by atoms with Crippen LogP contribution in [0.4, 0.5) is 0 Å². The standard InChI is InChI=1S/C14H22N2O/c1-11(15)12-3-7-14(8-4-12)17-10-9-16(2)13-5-6-13/h3-4,7-8,11,13H,5-6,9-10,15H2,1-2H3/t11-/m0/s1. The van der Waals surface area contributed by atoms with Gasteiger partial charge in [0.15, 0.2) is 0 Å². The molecule has 3 heteroatoms. The molecule has 2 rings (SSSR count). The van der Waals surface area contributed by atoms with E-state index in [1.807, 2.05) is 31.2 Å². The van der Waals surface area contributed by atoms with E-state index in [0.29, 0.717) is 0 Å². The second kappa shape index (κ2) is 5.52. The summed E-state index contributed by atoms with van der Waals surface area (Å²) in [6.07, 6.45) is 2.69. The van der Waals surface area contributed by atoms with Crippen molar-refractivity contribution < 1.29 is 4.74 Å². The summed E-state index contributed by atoms with van der Waals surface area (Å²) in [5, 5.41) is 0. The Bertz CT molecular complexity index is 344. The molecule has 0 bridgehead atoms. The summed E-state index contributed by atoms with van der Waals surface area (Å²) in [4.78, 5) is 2.37. The molecule has 0 spiro atoms. The predicted molar refractivity (Wildman–Crippen MR) is 70.2 cm³/mol. The van der Waals surface area contributed by atoms with Crippen molar-refractivity contribution in [2.75, 3.05) is 20.2 Å². The molecule has 1 aromatic rings. The highest BCUT2D eigenvalue weighted by Gasteiger charge is 2.25. The zero-order valence-corrected chi connectivity index (χ0v) is 10.7. The molecule has 1 aliphatic carbocycles. The first kappa shape index (κ1) is 12.4. The summed E-state index contributed by atoms with van der Waals surface area (Å²) in [6, 6.07) is 8.95. The van der Waals surface area contributed by atoms with Gasteiger partial charge in [0.25, 0.3) is 0 Å². The molecule has 94 valence electrons. The number of likely N-dealkylation sites (N-methyl/N-ethyl adjacent to an activating group) is 1. The van der Waals surface area contributed by atoms with E-state index in [9.17, 15) is 0 Å². The minimum Gasteiger partial charge on any atom is -0.492 e. The normalized spacial score (nSPS) is 17.2. The summed E-state index contributed by atoms with van der Waals surface area (Å²) in [6.45, 7) is 3.74. The van der Waals surface area contributed by atoms with E-state index >= 15 is 0 Å². The van der Waals surface area contributed by atoms with Gasteiger partial charge < -0.3 is 15.4 Å². The summed E-state index contributed by atoms with van der Waals surface area (Å²) in [7, 11) is 2.17. The Balaban J connectivity index is 1.74. The van der Waals surface area contributed by atoms with Crippen LogP contribution < -0.4 is 10.5 Å². The number of hydrogen-bond donors (Lipinski definition) is 1. The fourth-order valence-electron chi connectivity index (χ4n) is 1.87. The molecule has 0 saturated heterocycles. The van der Waals surface area contributed by atoms with Crippen molar-refractivity contribution in [2.24, 2.45) is 5.73 Å². The lowest BCUT2D eigenvalue weighted by Crippen LogP contribution is -2.26. The first-order valence-electron chi connectivity index (χ1n) is 6.35. The second-order valence-corrected chi connectivity index (χ2v) is 4.92. The number of ether oxygens (including phenoxy) is 1. The lowest BCUT2D eigenvalue weighted by molar-refractivity contribution is 0.232. The summed E-state index contributed by atoms with van der Waals surface area (Å²) < 4.78 is 5.71. The highest BCUT2D eigenvalue weighted by Crippen LogP contribution is 2.24. The molecular formula is C14H22N2O. The van der Waals surface area contributed by atoms with Gasteiger partial charge in [-0.3, -0.25) is 0 Å². The number of nitrogens with zero attached hydrogens (tertiary/aromatic N) is 1. The van der Waals surface area contributed by atoms with Crippen LogP contribution in [-0.4, -0.2) is 31.1 Å². The zero-order valence-electron chi connectivity index (χ0n) is 10.7. The van der Waals surface area contributed by atoms with Crippen LogP contribution in [-0.2, 0) is 0 Å². The maximum atomic E-state index is 5.80. The van der Waals surface area contributed by atoms with E-state index in [2.05, 4.69) is 11.9 Å². The topological polar surface area (TPSA) is 38.5 Å². The minimum atomic E-state index is 0.0880. The van der Waals surface area contributed by atoms with Crippen LogP contribution in [0.25, 0.3) is 0 Å². The predicted octanol–water partition coefficient (Wildman–Crippen LogP) is 2.18. The Hall–Kier alpha value is -1.06. The summed E-state index contributed by atoms with van der Waals surface area (Å²) in [5.41, 5.74) is 6.94. The Morgan fingerprint density at radius 1 is 1.35 bits per heavy atom. The van der Waals surface area contributed by atoms with Gasteiger partial charge in [-0.2, -0.15) is 0 Å². The molecule has 0 aliphatic heterocycles. The Morgan fingerprint density at radius 3 is 2.53 bits per heavy atom. The Labute approximate surface area is 104 Å². The van der Waals surface area contributed by atoms with Crippen LogP contribution >= 0.6 is 0 Å². The van der Waals surface area contributed by atoms with Crippen LogP contribution in [0.1, 0.15) is 31.4 Å². The van der Waals surface area contributed by atoms with Gasteiger partial charge in [0.05, 0.1) is 0 Å². The van der Waals surface area contributed by atoms with Crippen molar-refractivity contribution in [1.29, 1.82) is 0 Å². The molecule has 1 aliphatic rings. The van der Waals surface area contributed by atoms with Gasteiger partial charge in [0.2, 0.25) is 0 Å². The van der Waals surface area contributed by atoms with E-state index in [1.165, 1.54) is 12.8 Å². The average Bonchev–Trinajstić information content (AvgIpc) is 3.13. The highest BCUT2D eigenvalue weighted by atomic mass is 16.5. The van der Waals surface area contributed by atoms with Gasteiger partial charge in [-0.15, -0.1) is 0 Å². The molecule has 2 N–H and O–H groups in total. The fourth-order valence-corrected chi connectivity index (χ4v) is 1.87. The van der Waals surface area contributed by atoms with Gasteiger partial charge in [0.1, 0.15) is 12.4 Å². The molecular weight excluding hydrogens is 212 g/mol. The SMILES string of the molecule is C[C@H](N)c1ccc(OCCN(C)C2CC2)cc1. The van der Waals surface area contributed by atoms with Crippen molar-refractivity contribution in [1.82, 2.24) is 4.90 Å². The third-order valence-corrected chi connectivity index (χ3v) is 3.29. The third kappa shape index (κ3) is 3.72. The Kier molecular flexibility index (Phi) is 4.02. The molecule has 0 amide bonds. The maximum absolute atomic E-state index is 5.80. The second-order valence-electron chi connectivity index (χ2n) is 4.92. The highest BCUT2D eigenvalue weighted by molar-refractivity contribution is 5.28. The van der Waals surface area contributed by atoms with E-state index in [1.54, 1.807) is 0 Å². The molecule has 0 aromatic heterocycles. The first-order chi connectivity index (χ1) is 8.16. The van der Waals surface area contributed by atoms with Crippen molar-refractivity contribution in [2.45, 2.75) is 31.8 Å². The summed E-state index contributed by atoms with van der Waals surface area (Å²) in [5.74, 6) is 0.929. The van der Waals surface area contributed by atoms with Crippen molar-refractivity contribution in [3.63, 3.8) is 0 Å². The lowest BCUT2D eigenvalue weighted by atomic mass is 10.1. The lowest BCUT2D eigenvalue weighted by Gasteiger charge is -2.16. The van der Waals surface area contributed by atoms with Gasteiger partial charge in [-0.1, -0.05) is 12.1 Å². The van der Waals surface area contributed by atoms with Crippen molar-refractivity contribution >= 4 is 0 Å². The van der Waals surface area contributed by atoms with Gasteiger partial charge >= 0.3 is 0 Å².